The molecule has 0 aromatic carbocycles. The largest absolute Gasteiger partial charge is 0.468 e. The van der Waals surface area contributed by atoms with E-state index in [2.05, 4.69) is 35.6 Å². The van der Waals surface area contributed by atoms with E-state index < -0.39 is 5.54 Å². The van der Waals surface area contributed by atoms with Crippen molar-refractivity contribution in [2.24, 2.45) is 0 Å². The number of rotatable bonds is 5. The van der Waals surface area contributed by atoms with Crippen molar-refractivity contribution in [1.82, 2.24) is 14.9 Å². The fourth-order valence-corrected chi connectivity index (χ4v) is 3.56. The van der Waals surface area contributed by atoms with E-state index in [0.717, 1.165) is 37.9 Å². The van der Waals surface area contributed by atoms with Crippen LogP contribution in [0.4, 0.5) is 0 Å². The SMILES string of the molecule is CCc1nccn1C1CCCC(NC(C)C)(C(=O)OC)C1. The van der Waals surface area contributed by atoms with Gasteiger partial charge in [0.2, 0.25) is 0 Å². The molecule has 2 atom stereocenters. The third kappa shape index (κ3) is 3.28. The van der Waals surface area contributed by atoms with Crippen LogP contribution in [0, 0.1) is 0 Å². The topological polar surface area (TPSA) is 56.2 Å². The Morgan fingerprint density at radius 1 is 1.62 bits per heavy atom. The van der Waals surface area contributed by atoms with Crippen LogP contribution in [0.2, 0.25) is 0 Å². The number of hydrogen-bond acceptors (Lipinski definition) is 4. The van der Waals surface area contributed by atoms with Gasteiger partial charge in [0.05, 0.1) is 7.11 Å². The Kier molecular flexibility index (Phi) is 5.04. The van der Waals surface area contributed by atoms with Gasteiger partial charge in [-0.05, 0) is 39.5 Å². The van der Waals surface area contributed by atoms with Crippen molar-refractivity contribution in [3.63, 3.8) is 0 Å². The van der Waals surface area contributed by atoms with E-state index in [1.807, 2.05) is 12.4 Å². The summed E-state index contributed by atoms with van der Waals surface area (Å²) in [7, 11) is 1.48. The number of hydrogen-bond donors (Lipinski definition) is 1. The summed E-state index contributed by atoms with van der Waals surface area (Å²) in [5.74, 6) is 0.948. The first-order chi connectivity index (χ1) is 10.0. The zero-order valence-electron chi connectivity index (χ0n) is 13.6. The second-order valence-electron chi connectivity index (χ2n) is 6.23. The molecule has 118 valence electrons. The predicted molar refractivity (Wildman–Crippen MR) is 82.1 cm³/mol. The van der Waals surface area contributed by atoms with Crippen LogP contribution in [0.25, 0.3) is 0 Å². The molecule has 0 saturated heterocycles. The summed E-state index contributed by atoms with van der Waals surface area (Å²) in [6, 6.07) is 0.554. The highest BCUT2D eigenvalue weighted by Crippen LogP contribution is 2.37. The van der Waals surface area contributed by atoms with Crippen LogP contribution < -0.4 is 5.32 Å². The average molecular weight is 293 g/mol. The van der Waals surface area contributed by atoms with Crippen LogP contribution in [0.5, 0.6) is 0 Å². The standard InChI is InChI=1S/C16H27N3O2/c1-5-14-17-9-10-19(14)13-7-6-8-16(11-13,15(20)21-4)18-12(2)3/h9-10,12-13,18H,5-8,11H2,1-4H3. The lowest BCUT2D eigenvalue weighted by molar-refractivity contribution is -0.151. The average Bonchev–Trinajstić information content (AvgIpc) is 2.94. The number of esters is 1. The van der Waals surface area contributed by atoms with E-state index >= 15 is 0 Å². The highest BCUT2D eigenvalue weighted by atomic mass is 16.5. The molecule has 21 heavy (non-hydrogen) atoms. The molecule has 5 nitrogen and oxygen atoms in total. The molecule has 0 bridgehead atoms. The Balaban J connectivity index is 2.26. The summed E-state index contributed by atoms with van der Waals surface area (Å²) >= 11 is 0. The third-order valence-electron chi connectivity index (χ3n) is 4.32. The van der Waals surface area contributed by atoms with Gasteiger partial charge in [0.15, 0.2) is 0 Å². The molecule has 1 fully saturated rings. The number of imidazole rings is 1. The van der Waals surface area contributed by atoms with Crippen molar-refractivity contribution in [3.05, 3.63) is 18.2 Å². The van der Waals surface area contributed by atoms with Gasteiger partial charge in [-0.3, -0.25) is 10.1 Å². The van der Waals surface area contributed by atoms with Crippen molar-refractivity contribution >= 4 is 5.97 Å². The number of aromatic nitrogens is 2. The summed E-state index contributed by atoms with van der Waals surface area (Å²) in [6.45, 7) is 6.26. The van der Waals surface area contributed by atoms with E-state index in [9.17, 15) is 4.79 Å². The minimum absolute atomic E-state index is 0.140. The Bertz CT molecular complexity index is 484. The van der Waals surface area contributed by atoms with Crippen molar-refractivity contribution in [2.45, 2.75) is 70.5 Å². The van der Waals surface area contributed by atoms with Gasteiger partial charge in [0.1, 0.15) is 11.4 Å². The molecule has 1 heterocycles. The summed E-state index contributed by atoms with van der Waals surface area (Å²) < 4.78 is 7.32. The lowest BCUT2D eigenvalue weighted by Crippen LogP contribution is -2.57. The fourth-order valence-electron chi connectivity index (χ4n) is 3.56. The quantitative estimate of drug-likeness (QED) is 0.847. The van der Waals surface area contributed by atoms with Crippen molar-refractivity contribution in [1.29, 1.82) is 0 Å². The highest BCUT2D eigenvalue weighted by Gasteiger charge is 2.44. The number of nitrogens with zero attached hydrogens (tertiary/aromatic N) is 2. The first-order valence-electron chi connectivity index (χ1n) is 7.90. The van der Waals surface area contributed by atoms with Gasteiger partial charge >= 0.3 is 5.97 Å². The molecule has 0 radical (unpaired) electrons. The van der Waals surface area contributed by atoms with Gasteiger partial charge in [-0.1, -0.05) is 6.92 Å². The number of carbonyl (C=O) groups excluding carboxylic acids is 1. The summed E-state index contributed by atoms with van der Waals surface area (Å²) in [6.07, 6.45) is 8.50. The fraction of sp³-hybridized carbons (Fsp3) is 0.750. The first-order valence-corrected chi connectivity index (χ1v) is 7.90. The molecular formula is C16H27N3O2. The number of carbonyl (C=O) groups is 1. The molecule has 0 aliphatic heterocycles. The maximum Gasteiger partial charge on any atom is 0.326 e. The molecule has 1 saturated carbocycles. The van der Waals surface area contributed by atoms with Gasteiger partial charge in [0, 0.05) is 30.9 Å². The van der Waals surface area contributed by atoms with Gasteiger partial charge in [0.25, 0.3) is 0 Å². The van der Waals surface area contributed by atoms with Crippen LogP contribution >= 0.6 is 0 Å². The molecule has 2 rings (SSSR count). The summed E-state index contributed by atoms with van der Waals surface area (Å²) in [4.78, 5) is 16.8. The highest BCUT2D eigenvalue weighted by molar-refractivity contribution is 5.81. The van der Waals surface area contributed by atoms with E-state index in [1.54, 1.807) is 0 Å². The maximum atomic E-state index is 12.4. The molecular weight excluding hydrogens is 266 g/mol. The van der Waals surface area contributed by atoms with Gasteiger partial charge in [-0.25, -0.2) is 4.98 Å². The van der Waals surface area contributed by atoms with E-state index in [4.69, 9.17) is 4.74 Å². The number of ether oxygens (including phenoxy) is 1. The second kappa shape index (κ2) is 6.60. The normalized spacial score (nSPS) is 26.0. The number of aryl methyl sites for hydroxylation is 1. The lowest BCUT2D eigenvalue weighted by Gasteiger charge is -2.41. The molecule has 1 aromatic rings. The van der Waals surface area contributed by atoms with Crippen LogP contribution in [0.3, 0.4) is 0 Å². The van der Waals surface area contributed by atoms with Crippen molar-refractivity contribution in [2.75, 3.05) is 7.11 Å². The Morgan fingerprint density at radius 2 is 2.38 bits per heavy atom. The number of nitrogens with one attached hydrogen (secondary N) is 1. The maximum absolute atomic E-state index is 12.4. The Hall–Kier alpha value is -1.36. The lowest BCUT2D eigenvalue weighted by atomic mass is 9.78. The van der Waals surface area contributed by atoms with Crippen molar-refractivity contribution in [3.8, 4) is 0 Å². The minimum atomic E-state index is -0.568. The van der Waals surface area contributed by atoms with Crippen molar-refractivity contribution < 1.29 is 9.53 Å². The van der Waals surface area contributed by atoms with E-state index in [-0.39, 0.29) is 12.0 Å². The van der Waals surface area contributed by atoms with Crippen LogP contribution in [0.1, 0.15) is 58.3 Å². The van der Waals surface area contributed by atoms with Crippen LogP contribution in [-0.2, 0) is 16.0 Å². The monoisotopic (exact) mass is 293 g/mol. The summed E-state index contributed by atoms with van der Waals surface area (Å²) in [5.41, 5.74) is -0.568. The van der Waals surface area contributed by atoms with E-state index in [0.29, 0.717) is 6.04 Å². The Labute approximate surface area is 127 Å². The van der Waals surface area contributed by atoms with Gasteiger partial charge in [-0.15, -0.1) is 0 Å². The van der Waals surface area contributed by atoms with Gasteiger partial charge in [-0.2, -0.15) is 0 Å². The first kappa shape index (κ1) is 16.0. The van der Waals surface area contributed by atoms with Crippen LogP contribution in [-0.4, -0.2) is 34.2 Å². The Morgan fingerprint density at radius 3 is 3.00 bits per heavy atom. The zero-order chi connectivity index (χ0) is 15.5. The molecule has 2 unspecified atom stereocenters. The second-order valence-corrected chi connectivity index (χ2v) is 6.23. The summed E-state index contributed by atoms with van der Waals surface area (Å²) in [5, 5.41) is 3.47. The van der Waals surface area contributed by atoms with Gasteiger partial charge < -0.3 is 9.30 Å². The molecule has 0 amide bonds. The molecule has 1 aromatic heterocycles. The third-order valence-corrected chi connectivity index (χ3v) is 4.32. The minimum Gasteiger partial charge on any atom is -0.468 e. The smallest absolute Gasteiger partial charge is 0.326 e. The predicted octanol–water partition coefficient (Wildman–Crippen LogP) is 2.47. The molecule has 1 aliphatic rings. The zero-order valence-corrected chi connectivity index (χ0v) is 13.6. The molecule has 1 N–H and O–H groups in total. The molecule has 1 aliphatic carbocycles. The number of methoxy groups -OCH3 is 1. The van der Waals surface area contributed by atoms with E-state index in [1.165, 1.54) is 7.11 Å². The molecule has 5 heteroatoms. The van der Waals surface area contributed by atoms with Crippen LogP contribution in [0.15, 0.2) is 12.4 Å². The molecule has 0 spiro atoms.